The predicted octanol–water partition coefficient (Wildman–Crippen LogP) is 7.98. The Labute approximate surface area is 193 Å². The van der Waals surface area contributed by atoms with Crippen LogP contribution in [-0.2, 0) is 19.0 Å². The van der Waals surface area contributed by atoms with Crippen molar-refractivity contribution in [1.82, 2.24) is 0 Å². The largest absolute Gasteiger partial charge is 0.429 e. The first-order valence-corrected chi connectivity index (χ1v) is 10.6. The average Bonchev–Trinajstić information content (AvgIpc) is 3.16. The van der Waals surface area contributed by atoms with E-state index in [-0.39, 0.29) is 23.3 Å². The third kappa shape index (κ3) is 4.88. The number of aryl methyl sites for hydroxylation is 1. The number of hydrogen-bond donors (Lipinski definition) is 0. The van der Waals surface area contributed by atoms with Crippen molar-refractivity contribution in [2.75, 3.05) is 0 Å². The molecule has 3 aromatic rings. The molecule has 7 heteroatoms. The molecule has 0 unspecified atom stereocenters. The van der Waals surface area contributed by atoms with Crippen molar-refractivity contribution in [3.63, 3.8) is 0 Å². The van der Waals surface area contributed by atoms with Crippen LogP contribution in [0, 0.1) is 23.3 Å². The van der Waals surface area contributed by atoms with Crippen molar-refractivity contribution in [3.05, 3.63) is 112 Å². The lowest BCUT2D eigenvalue weighted by Crippen LogP contribution is -2.22. The van der Waals surface area contributed by atoms with Crippen molar-refractivity contribution in [2.24, 2.45) is 0 Å². The van der Waals surface area contributed by atoms with Gasteiger partial charge in [-0.25, -0.2) is 17.6 Å². The highest BCUT2D eigenvalue weighted by Gasteiger charge is 2.37. The summed E-state index contributed by atoms with van der Waals surface area (Å²) in [7, 11) is 0. The number of halogens is 6. The fourth-order valence-electron chi connectivity index (χ4n) is 3.89. The maximum atomic E-state index is 14.8. The monoisotopic (exact) mass is 474 g/mol. The van der Waals surface area contributed by atoms with Gasteiger partial charge in [-0.1, -0.05) is 30.4 Å². The molecule has 0 atom stereocenters. The molecule has 0 saturated heterocycles. The number of rotatable bonds is 7. The van der Waals surface area contributed by atoms with E-state index in [1.807, 2.05) is 19.1 Å². The van der Waals surface area contributed by atoms with Crippen LogP contribution >= 0.6 is 0 Å². The summed E-state index contributed by atoms with van der Waals surface area (Å²) in [6.07, 6.45) is 2.71. The van der Waals surface area contributed by atoms with Gasteiger partial charge in [0.1, 0.15) is 17.4 Å². The van der Waals surface area contributed by atoms with E-state index >= 15 is 0 Å². The first-order valence-electron chi connectivity index (χ1n) is 10.6. The molecule has 1 aliphatic rings. The van der Waals surface area contributed by atoms with Crippen LogP contribution in [0.1, 0.15) is 41.2 Å². The quantitative estimate of drug-likeness (QED) is 0.249. The Morgan fingerprint density at radius 2 is 1.53 bits per heavy atom. The van der Waals surface area contributed by atoms with E-state index in [0.717, 1.165) is 30.5 Å². The lowest BCUT2D eigenvalue weighted by atomic mass is 10.00. The first-order chi connectivity index (χ1) is 16.2. The summed E-state index contributed by atoms with van der Waals surface area (Å²) in [6, 6.07) is 8.94. The van der Waals surface area contributed by atoms with E-state index in [0.29, 0.717) is 17.7 Å². The van der Waals surface area contributed by atoms with Crippen molar-refractivity contribution < 1.29 is 31.1 Å². The van der Waals surface area contributed by atoms with Gasteiger partial charge in [0.05, 0.1) is 5.56 Å². The number of hydrogen-bond acceptors (Lipinski definition) is 1. The molecule has 0 aromatic heterocycles. The smallest absolute Gasteiger partial charge is 0.426 e. The van der Waals surface area contributed by atoms with Crippen molar-refractivity contribution in [2.45, 2.75) is 32.3 Å². The highest BCUT2D eigenvalue weighted by Crippen LogP contribution is 2.38. The van der Waals surface area contributed by atoms with Gasteiger partial charge in [0.2, 0.25) is 0 Å². The highest BCUT2D eigenvalue weighted by atomic mass is 19.3. The van der Waals surface area contributed by atoms with Gasteiger partial charge in [-0.2, -0.15) is 8.78 Å². The Bertz CT molecular complexity index is 1250. The number of benzene rings is 3. The Kier molecular flexibility index (Phi) is 6.55. The normalized spacial score (nSPS) is 13.3. The Balaban J connectivity index is 1.55. The summed E-state index contributed by atoms with van der Waals surface area (Å²) in [5.74, 6) is -4.76. The van der Waals surface area contributed by atoms with Gasteiger partial charge < -0.3 is 4.74 Å². The summed E-state index contributed by atoms with van der Waals surface area (Å²) in [6.45, 7) is 1.91. The van der Waals surface area contributed by atoms with Gasteiger partial charge >= 0.3 is 6.11 Å². The Morgan fingerprint density at radius 3 is 2.18 bits per heavy atom. The van der Waals surface area contributed by atoms with Gasteiger partial charge in [0.25, 0.3) is 0 Å². The van der Waals surface area contributed by atoms with Gasteiger partial charge in [-0.05, 0) is 84.8 Å². The van der Waals surface area contributed by atoms with Gasteiger partial charge in [-0.15, -0.1) is 0 Å². The fourth-order valence-corrected chi connectivity index (χ4v) is 3.89. The van der Waals surface area contributed by atoms with Gasteiger partial charge in [0, 0.05) is 5.56 Å². The zero-order chi connectivity index (χ0) is 24.5. The molecule has 34 heavy (non-hydrogen) atoms. The first kappa shape index (κ1) is 23.7. The number of allylic oxidation sites excluding steroid dienone is 3. The van der Waals surface area contributed by atoms with Crippen LogP contribution in [0.4, 0.5) is 26.3 Å². The van der Waals surface area contributed by atoms with Crippen LogP contribution in [0.25, 0.3) is 11.6 Å². The van der Waals surface area contributed by atoms with Crippen molar-refractivity contribution in [3.8, 4) is 5.75 Å². The van der Waals surface area contributed by atoms with E-state index in [1.54, 1.807) is 12.1 Å². The van der Waals surface area contributed by atoms with Gasteiger partial charge in [-0.3, -0.25) is 0 Å². The molecule has 0 N–H and O–H groups in total. The topological polar surface area (TPSA) is 9.23 Å². The minimum Gasteiger partial charge on any atom is -0.429 e. The molecule has 0 spiro atoms. The molecule has 3 aromatic carbocycles. The zero-order valence-electron chi connectivity index (χ0n) is 18.1. The Morgan fingerprint density at radius 1 is 0.882 bits per heavy atom. The lowest BCUT2D eigenvalue weighted by molar-refractivity contribution is -0.185. The van der Waals surface area contributed by atoms with Crippen molar-refractivity contribution >= 4 is 11.6 Å². The minimum atomic E-state index is -3.99. The summed E-state index contributed by atoms with van der Waals surface area (Å²) in [4.78, 5) is 0. The molecule has 0 aliphatic heterocycles. The molecule has 0 saturated carbocycles. The summed E-state index contributed by atoms with van der Waals surface area (Å²) in [5.41, 5.74) is 0.137. The highest BCUT2D eigenvalue weighted by molar-refractivity contribution is 5.89. The maximum Gasteiger partial charge on any atom is 0.426 e. The summed E-state index contributed by atoms with van der Waals surface area (Å²) < 4.78 is 90.7. The van der Waals surface area contributed by atoms with Crippen LogP contribution in [0.15, 0.2) is 60.7 Å². The van der Waals surface area contributed by atoms with E-state index < -0.39 is 40.5 Å². The van der Waals surface area contributed by atoms with Crippen LogP contribution in [-0.4, -0.2) is 0 Å². The van der Waals surface area contributed by atoms with Gasteiger partial charge in [0.15, 0.2) is 11.6 Å². The second-order valence-corrected chi connectivity index (χ2v) is 8.00. The summed E-state index contributed by atoms with van der Waals surface area (Å²) in [5, 5.41) is 0. The molecule has 1 aliphatic carbocycles. The van der Waals surface area contributed by atoms with Crippen LogP contribution in [0.5, 0.6) is 5.75 Å². The summed E-state index contributed by atoms with van der Waals surface area (Å²) >= 11 is 0. The van der Waals surface area contributed by atoms with E-state index in [4.69, 9.17) is 4.74 Å². The number of alkyl halides is 2. The molecule has 1 nitrogen and oxygen atoms in total. The number of ether oxygens (including phenoxy) is 1. The third-order valence-corrected chi connectivity index (χ3v) is 5.60. The Hall–Kier alpha value is -3.48. The second kappa shape index (κ2) is 9.41. The second-order valence-electron chi connectivity index (χ2n) is 8.00. The molecule has 176 valence electrons. The minimum absolute atomic E-state index is 0.0625. The van der Waals surface area contributed by atoms with E-state index in [2.05, 4.69) is 0 Å². The SMILES string of the molecule is C/C=C/CCc1ccc(OC(F)(F)c2cc(F)c(C3=Cc4cc(F)c(F)cc4C3)c(F)c2)cc1. The molecule has 0 fully saturated rings. The molecule has 0 heterocycles. The standard InChI is InChI=1S/C27H20F6O/c1-2-3-4-5-16-6-8-21(9-7-16)34-27(32,33)20-14-24(30)26(25(31)15-20)19-10-17-12-22(28)23(29)13-18(17)11-19/h2-3,6-10,12-15H,4-5,11H2,1H3/b3-2+. The van der Waals surface area contributed by atoms with E-state index in [1.165, 1.54) is 18.2 Å². The molecule has 0 bridgehead atoms. The van der Waals surface area contributed by atoms with Crippen LogP contribution in [0.3, 0.4) is 0 Å². The number of fused-ring (bicyclic) bond motifs is 1. The predicted molar refractivity (Wildman–Crippen MR) is 118 cm³/mol. The zero-order valence-corrected chi connectivity index (χ0v) is 18.1. The molecular weight excluding hydrogens is 454 g/mol. The average molecular weight is 474 g/mol. The lowest BCUT2D eigenvalue weighted by Gasteiger charge is -2.19. The molecular formula is C27H20F6O. The molecule has 0 amide bonds. The maximum absolute atomic E-state index is 14.8. The van der Waals surface area contributed by atoms with E-state index in [9.17, 15) is 26.3 Å². The third-order valence-electron chi connectivity index (χ3n) is 5.60. The van der Waals surface area contributed by atoms with Crippen molar-refractivity contribution in [1.29, 1.82) is 0 Å². The fraction of sp³-hybridized carbons (Fsp3) is 0.185. The van der Waals surface area contributed by atoms with Crippen LogP contribution in [0.2, 0.25) is 0 Å². The van der Waals surface area contributed by atoms with Crippen LogP contribution < -0.4 is 4.74 Å². The molecule has 4 rings (SSSR count). The molecule has 0 radical (unpaired) electrons.